The van der Waals surface area contributed by atoms with Gasteiger partial charge in [0.15, 0.2) is 8.32 Å². The van der Waals surface area contributed by atoms with Crippen LogP contribution in [-0.2, 0) is 27.6 Å². The molecule has 0 unspecified atom stereocenters. The number of hydrogen-bond acceptors (Lipinski definition) is 6. The van der Waals surface area contributed by atoms with Crippen LogP contribution in [0.15, 0.2) is 12.2 Å². The van der Waals surface area contributed by atoms with Gasteiger partial charge < -0.3 is 18.2 Å². The predicted octanol–water partition coefficient (Wildman–Crippen LogP) is 4.77. The van der Waals surface area contributed by atoms with Crippen LogP contribution in [0.1, 0.15) is 40.0 Å². The minimum absolute atomic E-state index is 0.0642. The van der Waals surface area contributed by atoms with Crippen LogP contribution in [0.5, 0.6) is 0 Å². The fraction of sp³-hybridized carbons (Fsp3) is 0.737. The first-order valence-electron chi connectivity index (χ1n) is 9.02. The minimum Gasteiger partial charge on any atom is -0.469 e. The zero-order chi connectivity index (χ0) is 21.1. The molecule has 0 spiro atoms. The Morgan fingerprint density at radius 1 is 1.19 bits per heavy atom. The first-order chi connectivity index (χ1) is 12.4. The van der Waals surface area contributed by atoms with Gasteiger partial charge in [-0.15, -0.1) is 0 Å². The van der Waals surface area contributed by atoms with Crippen LogP contribution in [0.4, 0.5) is 0 Å². The molecule has 0 rings (SSSR count). The number of carbonyl (C=O) groups is 1. The molecule has 0 saturated carbocycles. The molecule has 0 fully saturated rings. The third-order valence-corrected chi connectivity index (χ3v) is 10.9. The number of esters is 1. The molecule has 0 aromatic rings. The number of methoxy groups -OCH3 is 1. The lowest BCUT2D eigenvalue weighted by atomic mass is 10.1. The van der Waals surface area contributed by atoms with Gasteiger partial charge in [-0.1, -0.05) is 38.7 Å². The topological polar surface area (TPSA) is 71.1 Å². The summed E-state index contributed by atoms with van der Waals surface area (Å²) in [7, 11) is -0.959. The van der Waals surface area contributed by atoms with E-state index in [0.29, 0.717) is 19.3 Å². The highest BCUT2D eigenvalue weighted by atomic mass is 31.2. The van der Waals surface area contributed by atoms with E-state index in [2.05, 4.69) is 50.4 Å². The van der Waals surface area contributed by atoms with E-state index in [1.807, 2.05) is 0 Å². The molecule has 0 aliphatic heterocycles. The molecule has 0 heterocycles. The van der Waals surface area contributed by atoms with Gasteiger partial charge in [-0.05, 0) is 37.0 Å². The van der Waals surface area contributed by atoms with E-state index in [1.165, 1.54) is 21.3 Å². The summed E-state index contributed by atoms with van der Waals surface area (Å²) in [5.41, 5.74) is 0. The molecule has 0 amide bonds. The van der Waals surface area contributed by atoms with Crippen LogP contribution in [0, 0.1) is 11.8 Å². The normalized spacial score (nSPS) is 13.9. The van der Waals surface area contributed by atoms with Gasteiger partial charge >= 0.3 is 13.6 Å². The van der Waals surface area contributed by atoms with E-state index in [0.717, 1.165) is 0 Å². The molecule has 0 aromatic heterocycles. The summed E-state index contributed by atoms with van der Waals surface area (Å²) < 4.78 is 32.8. The average Bonchev–Trinajstić information content (AvgIpc) is 2.59. The van der Waals surface area contributed by atoms with Gasteiger partial charge in [0.05, 0.1) is 13.3 Å². The van der Waals surface area contributed by atoms with Gasteiger partial charge in [-0.3, -0.25) is 9.36 Å². The first kappa shape index (κ1) is 26.1. The van der Waals surface area contributed by atoms with Crippen LogP contribution in [-0.4, -0.2) is 47.9 Å². The van der Waals surface area contributed by atoms with Crippen molar-refractivity contribution in [1.82, 2.24) is 0 Å². The molecule has 0 saturated heterocycles. The smallest absolute Gasteiger partial charge is 0.333 e. The molecule has 0 aliphatic carbocycles. The Kier molecular flexibility index (Phi) is 11.4. The summed E-state index contributed by atoms with van der Waals surface area (Å²) >= 11 is 0. The second kappa shape index (κ2) is 11.8. The fourth-order valence-electron chi connectivity index (χ4n) is 1.83. The number of rotatable bonds is 10. The Labute approximate surface area is 165 Å². The van der Waals surface area contributed by atoms with Gasteiger partial charge in [0, 0.05) is 20.6 Å². The third kappa shape index (κ3) is 10.3. The molecule has 0 aliphatic rings. The molecule has 8 heteroatoms. The van der Waals surface area contributed by atoms with Crippen LogP contribution < -0.4 is 0 Å². The summed E-state index contributed by atoms with van der Waals surface area (Å²) in [6, 6.07) is 0. The fourth-order valence-corrected chi connectivity index (χ4v) is 3.88. The van der Waals surface area contributed by atoms with E-state index < -0.39 is 15.9 Å². The van der Waals surface area contributed by atoms with Crippen LogP contribution in [0.25, 0.3) is 0 Å². The summed E-state index contributed by atoms with van der Waals surface area (Å²) in [5, 5.41) is 0.0642. The lowest BCUT2D eigenvalue weighted by Crippen LogP contribution is -2.43. The van der Waals surface area contributed by atoms with Crippen LogP contribution >= 0.6 is 7.60 Å². The van der Waals surface area contributed by atoms with E-state index in [-0.39, 0.29) is 23.3 Å². The largest absolute Gasteiger partial charge is 0.469 e. The highest BCUT2D eigenvalue weighted by Crippen LogP contribution is 2.46. The van der Waals surface area contributed by atoms with E-state index in [9.17, 15) is 9.36 Å². The van der Waals surface area contributed by atoms with Crippen molar-refractivity contribution >= 4 is 21.9 Å². The summed E-state index contributed by atoms with van der Waals surface area (Å²) in [6.45, 7) is 10.9. The highest BCUT2D eigenvalue weighted by molar-refractivity contribution is 7.54. The Hall–Kier alpha value is -0.903. The van der Waals surface area contributed by atoms with Crippen molar-refractivity contribution in [2.75, 3.05) is 27.5 Å². The second-order valence-corrected chi connectivity index (χ2v) is 14.8. The molecule has 0 bridgehead atoms. The van der Waals surface area contributed by atoms with Gasteiger partial charge in [-0.2, -0.15) is 0 Å². The van der Waals surface area contributed by atoms with Crippen molar-refractivity contribution in [2.24, 2.45) is 0 Å². The van der Waals surface area contributed by atoms with Crippen molar-refractivity contribution in [3.05, 3.63) is 12.2 Å². The maximum atomic E-state index is 12.0. The summed E-state index contributed by atoms with van der Waals surface area (Å²) in [4.78, 5) is 11.3. The molecule has 0 aromatic carbocycles. The SMILES string of the molecule is COC(=O)CCC[C@@H](C#C/C=C/CP(=O)(OC)OC)O[Si](C)(C)C(C)(C)C. The Morgan fingerprint density at radius 2 is 1.78 bits per heavy atom. The number of allylic oxidation sites excluding steroid dienone is 2. The monoisotopic (exact) mass is 418 g/mol. The van der Waals surface area contributed by atoms with Crippen LogP contribution in [0.3, 0.4) is 0 Å². The third-order valence-electron chi connectivity index (χ3n) is 4.65. The number of ether oxygens (including phenoxy) is 1. The summed E-state index contributed by atoms with van der Waals surface area (Å²) in [5.74, 6) is 5.83. The Bertz CT molecular complexity index is 590. The second-order valence-electron chi connectivity index (χ2n) is 7.68. The molecule has 156 valence electrons. The van der Waals surface area contributed by atoms with Crippen molar-refractivity contribution in [1.29, 1.82) is 0 Å². The quantitative estimate of drug-likeness (QED) is 0.220. The molecule has 27 heavy (non-hydrogen) atoms. The molecule has 1 atom stereocenters. The van der Waals surface area contributed by atoms with Crippen molar-refractivity contribution < 1.29 is 27.6 Å². The van der Waals surface area contributed by atoms with Gasteiger partial charge in [-0.25, -0.2) is 0 Å². The average molecular weight is 419 g/mol. The van der Waals surface area contributed by atoms with E-state index in [1.54, 1.807) is 12.2 Å². The van der Waals surface area contributed by atoms with Crippen molar-refractivity contribution in [2.45, 2.75) is 64.3 Å². The van der Waals surface area contributed by atoms with Crippen molar-refractivity contribution in [3.8, 4) is 11.8 Å². The molecule has 0 N–H and O–H groups in total. The lowest BCUT2D eigenvalue weighted by Gasteiger charge is -2.38. The van der Waals surface area contributed by atoms with Crippen molar-refractivity contribution in [3.63, 3.8) is 0 Å². The minimum atomic E-state index is -3.06. The number of carbonyl (C=O) groups excluding carboxylic acids is 1. The van der Waals surface area contributed by atoms with Gasteiger partial charge in [0.2, 0.25) is 0 Å². The summed E-state index contributed by atoms with van der Waals surface area (Å²) in [6.07, 6.45) is 4.83. The molecule has 6 nitrogen and oxygen atoms in total. The van der Waals surface area contributed by atoms with Gasteiger partial charge in [0.1, 0.15) is 6.10 Å². The Balaban J connectivity index is 5.05. The maximum Gasteiger partial charge on any atom is 0.333 e. The molecule has 0 radical (unpaired) electrons. The molecular formula is C19H35O6PSi. The number of hydrogen-bond donors (Lipinski definition) is 0. The maximum absolute atomic E-state index is 12.0. The van der Waals surface area contributed by atoms with Crippen LogP contribution in [0.2, 0.25) is 18.1 Å². The lowest BCUT2D eigenvalue weighted by molar-refractivity contribution is -0.140. The van der Waals surface area contributed by atoms with E-state index >= 15 is 0 Å². The Morgan fingerprint density at radius 3 is 2.26 bits per heavy atom. The first-order valence-corrected chi connectivity index (χ1v) is 13.7. The van der Waals surface area contributed by atoms with E-state index in [4.69, 9.17) is 13.5 Å². The standard InChI is InChI=1S/C19H35O6PSi/c1-19(2,3)27(7,8)25-17(14-12-15-18(20)22-4)13-10-9-11-16-26(21,23-5)24-6/h9,11,17H,12,14-16H2,1-8H3/b11-9+/t17-/m1/s1. The zero-order valence-corrected chi connectivity index (χ0v) is 19.9. The molecular weight excluding hydrogens is 383 g/mol. The highest BCUT2D eigenvalue weighted by Gasteiger charge is 2.38. The zero-order valence-electron chi connectivity index (χ0n) is 18.0. The van der Waals surface area contributed by atoms with Gasteiger partial charge in [0.25, 0.3) is 0 Å². The predicted molar refractivity (Wildman–Crippen MR) is 111 cm³/mol.